The molecule has 0 aromatic heterocycles. The van der Waals surface area contributed by atoms with Crippen LogP contribution >= 0.6 is 0 Å². The highest BCUT2D eigenvalue weighted by Crippen LogP contribution is 1.91. The van der Waals surface area contributed by atoms with E-state index in [0.29, 0.717) is 6.54 Å². The highest BCUT2D eigenvalue weighted by atomic mass is 16.3. The van der Waals surface area contributed by atoms with Gasteiger partial charge in [-0.15, -0.1) is 0 Å². The summed E-state index contributed by atoms with van der Waals surface area (Å²) in [4.78, 5) is 0. The lowest BCUT2D eigenvalue weighted by Gasteiger charge is -2.17. The van der Waals surface area contributed by atoms with E-state index in [1.54, 1.807) is 0 Å². The zero-order valence-corrected chi connectivity index (χ0v) is 4.28. The highest BCUT2D eigenvalue weighted by molar-refractivity contribution is 5.64. The molecule has 1 aliphatic heterocycles. The van der Waals surface area contributed by atoms with Gasteiger partial charge in [0.05, 0.1) is 12.8 Å². The Morgan fingerprint density at radius 2 is 2.38 bits per heavy atom. The van der Waals surface area contributed by atoms with E-state index in [1.807, 2.05) is 0 Å². The molecule has 0 aromatic rings. The lowest BCUT2D eigenvalue weighted by molar-refractivity contribution is 0.0570. The SMILES string of the molecule is O[C@H]1C=NNC[C@@H]1O. The van der Waals surface area contributed by atoms with Crippen molar-refractivity contribution in [3.05, 3.63) is 0 Å². The van der Waals surface area contributed by atoms with Gasteiger partial charge in [-0.3, -0.25) is 0 Å². The van der Waals surface area contributed by atoms with Crippen LogP contribution in [0.25, 0.3) is 0 Å². The summed E-state index contributed by atoms with van der Waals surface area (Å²) < 4.78 is 0. The normalized spacial score (nSPS) is 36.8. The summed E-state index contributed by atoms with van der Waals surface area (Å²) >= 11 is 0. The van der Waals surface area contributed by atoms with E-state index in [4.69, 9.17) is 10.2 Å². The van der Waals surface area contributed by atoms with Crippen LogP contribution in [-0.4, -0.2) is 35.2 Å². The number of hydrogen-bond donors (Lipinski definition) is 3. The van der Waals surface area contributed by atoms with Crippen molar-refractivity contribution in [3.63, 3.8) is 0 Å². The minimum Gasteiger partial charge on any atom is -0.388 e. The second-order valence-electron chi connectivity index (χ2n) is 1.70. The Bertz CT molecular complexity index is 104. The zero-order chi connectivity index (χ0) is 5.98. The first kappa shape index (κ1) is 5.53. The summed E-state index contributed by atoms with van der Waals surface area (Å²) in [6.45, 7) is 0.331. The highest BCUT2D eigenvalue weighted by Gasteiger charge is 2.15. The Kier molecular flexibility index (Phi) is 1.45. The van der Waals surface area contributed by atoms with Gasteiger partial charge in [0.1, 0.15) is 12.2 Å². The van der Waals surface area contributed by atoms with Crippen molar-refractivity contribution < 1.29 is 10.2 Å². The summed E-state index contributed by atoms with van der Waals surface area (Å²) in [6.07, 6.45) is -0.225. The number of nitrogens with zero attached hydrogens (tertiary/aromatic N) is 1. The Hall–Kier alpha value is -0.610. The molecule has 4 nitrogen and oxygen atoms in total. The van der Waals surface area contributed by atoms with Crippen LogP contribution < -0.4 is 5.43 Å². The number of aliphatic hydroxyl groups excluding tert-OH is 2. The molecule has 0 amide bonds. The summed E-state index contributed by atoms with van der Waals surface area (Å²) in [5.41, 5.74) is 2.52. The van der Waals surface area contributed by atoms with Crippen LogP contribution in [0.3, 0.4) is 0 Å². The molecule has 0 aromatic carbocycles. The van der Waals surface area contributed by atoms with Crippen LogP contribution in [0.5, 0.6) is 0 Å². The van der Waals surface area contributed by atoms with Crippen molar-refractivity contribution in [2.75, 3.05) is 6.54 Å². The van der Waals surface area contributed by atoms with E-state index in [9.17, 15) is 0 Å². The van der Waals surface area contributed by atoms with Crippen LogP contribution in [-0.2, 0) is 0 Å². The number of rotatable bonds is 0. The summed E-state index contributed by atoms with van der Waals surface area (Å²) in [6, 6.07) is 0. The third kappa shape index (κ3) is 0.962. The van der Waals surface area contributed by atoms with Crippen LogP contribution in [0, 0.1) is 0 Å². The number of hydrazone groups is 1. The predicted molar refractivity (Wildman–Crippen MR) is 28.5 cm³/mol. The van der Waals surface area contributed by atoms with Crippen molar-refractivity contribution in [1.82, 2.24) is 5.43 Å². The zero-order valence-electron chi connectivity index (χ0n) is 4.28. The Morgan fingerprint density at radius 1 is 1.62 bits per heavy atom. The molecule has 0 saturated heterocycles. The smallest absolute Gasteiger partial charge is 0.118 e. The van der Waals surface area contributed by atoms with Crippen LogP contribution in [0.15, 0.2) is 5.10 Å². The van der Waals surface area contributed by atoms with Crippen LogP contribution in [0.2, 0.25) is 0 Å². The number of nitrogens with one attached hydrogen (secondary N) is 1. The summed E-state index contributed by atoms with van der Waals surface area (Å²) in [5.74, 6) is 0. The van der Waals surface area contributed by atoms with Gasteiger partial charge >= 0.3 is 0 Å². The summed E-state index contributed by atoms with van der Waals surface area (Å²) in [7, 11) is 0. The Balaban J connectivity index is 2.47. The molecule has 0 radical (unpaired) electrons. The van der Waals surface area contributed by atoms with Crippen molar-refractivity contribution in [3.8, 4) is 0 Å². The Morgan fingerprint density at radius 3 is 2.75 bits per heavy atom. The lowest BCUT2D eigenvalue weighted by atomic mass is 10.2. The van der Waals surface area contributed by atoms with Crippen molar-refractivity contribution in [1.29, 1.82) is 0 Å². The van der Waals surface area contributed by atoms with Gasteiger partial charge in [-0.2, -0.15) is 5.10 Å². The second-order valence-corrected chi connectivity index (χ2v) is 1.70. The molecule has 0 bridgehead atoms. The number of aliphatic hydroxyl groups is 2. The van der Waals surface area contributed by atoms with E-state index in [2.05, 4.69) is 10.5 Å². The van der Waals surface area contributed by atoms with E-state index in [-0.39, 0.29) is 0 Å². The third-order valence-electron chi connectivity index (χ3n) is 1.01. The molecule has 0 saturated carbocycles. The Labute approximate surface area is 46.8 Å². The van der Waals surface area contributed by atoms with Gasteiger partial charge in [-0.1, -0.05) is 0 Å². The quantitative estimate of drug-likeness (QED) is 0.353. The average Bonchev–Trinajstić information content (AvgIpc) is 1.77. The van der Waals surface area contributed by atoms with Crippen molar-refractivity contribution in [2.45, 2.75) is 12.2 Å². The third-order valence-corrected chi connectivity index (χ3v) is 1.01. The van der Waals surface area contributed by atoms with Gasteiger partial charge in [0, 0.05) is 0 Å². The van der Waals surface area contributed by atoms with E-state index < -0.39 is 12.2 Å². The molecule has 0 aliphatic carbocycles. The lowest BCUT2D eigenvalue weighted by Crippen LogP contribution is -2.39. The molecule has 8 heavy (non-hydrogen) atoms. The molecule has 3 N–H and O–H groups in total. The average molecular weight is 116 g/mol. The molecule has 2 atom stereocenters. The first-order chi connectivity index (χ1) is 3.80. The van der Waals surface area contributed by atoms with Crippen LogP contribution in [0.1, 0.15) is 0 Å². The molecular formula is C4H8N2O2. The minimum atomic E-state index is -0.795. The molecule has 0 spiro atoms. The molecule has 46 valence electrons. The van der Waals surface area contributed by atoms with Gasteiger partial charge in [0.15, 0.2) is 0 Å². The summed E-state index contributed by atoms with van der Waals surface area (Å²) in [5, 5.41) is 21.0. The fourth-order valence-electron chi connectivity index (χ4n) is 0.495. The van der Waals surface area contributed by atoms with Crippen LogP contribution in [0.4, 0.5) is 0 Å². The van der Waals surface area contributed by atoms with E-state index in [1.165, 1.54) is 6.21 Å². The van der Waals surface area contributed by atoms with Crippen molar-refractivity contribution in [2.24, 2.45) is 5.10 Å². The fraction of sp³-hybridized carbons (Fsp3) is 0.750. The number of β-amino-alcohol motifs (C(OH)–C–C–N with tert-alkyl or cyclic N) is 1. The molecule has 1 aliphatic rings. The standard InChI is InChI=1S/C4H8N2O2/c7-3-1-5-6-2-4(3)8/h1,3-4,6-8H,2H2/t3-,4-/m0/s1. The maximum Gasteiger partial charge on any atom is 0.118 e. The van der Waals surface area contributed by atoms with Crippen molar-refractivity contribution >= 4 is 6.21 Å². The minimum absolute atomic E-state index is 0.331. The topological polar surface area (TPSA) is 64.9 Å². The van der Waals surface area contributed by atoms with E-state index >= 15 is 0 Å². The molecule has 1 heterocycles. The maximum absolute atomic E-state index is 8.77. The first-order valence-corrected chi connectivity index (χ1v) is 2.43. The maximum atomic E-state index is 8.77. The van der Waals surface area contributed by atoms with Gasteiger partial charge in [0.2, 0.25) is 0 Å². The number of hydrogen-bond acceptors (Lipinski definition) is 4. The fourth-order valence-corrected chi connectivity index (χ4v) is 0.495. The van der Waals surface area contributed by atoms with Gasteiger partial charge in [-0.05, 0) is 0 Å². The van der Waals surface area contributed by atoms with Gasteiger partial charge in [-0.25, -0.2) is 0 Å². The largest absolute Gasteiger partial charge is 0.388 e. The second kappa shape index (κ2) is 2.11. The predicted octanol–water partition coefficient (Wildman–Crippen LogP) is -1.70. The molecule has 4 heteroatoms. The van der Waals surface area contributed by atoms with Gasteiger partial charge < -0.3 is 15.6 Å². The van der Waals surface area contributed by atoms with Gasteiger partial charge in [0.25, 0.3) is 0 Å². The molecule has 1 rings (SSSR count). The van der Waals surface area contributed by atoms with E-state index in [0.717, 1.165) is 0 Å². The monoisotopic (exact) mass is 116 g/mol. The molecular weight excluding hydrogens is 108 g/mol. The molecule has 0 unspecified atom stereocenters. The molecule has 0 fully saturated rings. The first-order valence-electron chi connectivity index (χ1n) is 2.43.